The number of carbonyl (C=O) groups is 2. The van der Waals surface area contributed by atoms with E-state index in [9.17, 15) is 9.59 Å². The summed E-state index contributed by atoms with van der Waals surface area (Å²) in [6, 6.07) is 15.7. The van der Waals surface area contributed by atoms with Gasteiger partial charge in [0, 0.05) is 6.54 Å². The van der Waals surface area contributed by atoms with Gasteiger partial charge in [-0.25, -0.2) is 0 Å². The van der Waals surface area contributed by atoms with Crippen LogP contribution >= 0.6 is 0 Å². The maximum absolute atomic E-state index is 12.9. The van der Waals surface area contributed by atoms with Gasteiger partial charge in [-0.3, -0.25) is 14.5 Å². The van der Waals surface area contributed by atoms with Gasteiger partial charge >= 0.3 is 0 Å². The van der Waals surface area contributed by atoms with E-state index in [1.165, 1.54) is 0 Å². The molecular weight excluding hydrogens is 288 g/mol. The van der Waals surface area contributed by atoms with Crippen molar-refractivity contribution in [1.29, 1.82) is 0 Å². The molecule has 0 bridgehead atoms. The predicted molar refractivity (Wildman–Crippen MR) is 89.7 cm³/mol. The van der Waals surface area contributed by atoms with Crippen LogP contribution in [0.3, 0.4) is 0 Å². The van der Waals surface area contributed by atoms with Crippen molar-refractivity contribution >= 4 is 23.2 Å². The summed E-state index contributed by atoms with van der Waals surface area (Å²) in [7, 11) is 0. The fourth-order valence-electron chi connectivity index (χ4n) is 3.64. The molecule has 0 spiro atoms. The van der Waals surface area contributed by atoms with Gasteiger partial charge in [0.2, 0.25) is 11.8 Å². The zero-order valence-corrected chi connectivity index (χ0v) is 13.0. The first-order valence-corrected chi connectivity index (χ1v) is 8.02. The van der Waals surface area contributed by atoms with E-state index in [1.807, 2.05) is 53.4 Å². The number of anilines is 2. The van der Waals surface area contributed by atoms with Crippen LogP contribution in [0.25, 0.3) is 0 Å². The third-order valence-corrected chi connectivity index (χ3v) is 4.61. The Kier molecular flexibility index (Phi) is 3.18. The number of para-hydroxylation sites is 1. The Morgan fingerprint density at radius 3 is 2.57 bits per heavy atom. The molecule has 0 saturated heterocycles. The van der Waals surface area contributed by atoms with Gasteiger partial charge in [-0.1, -0.05) is 49.4 Å². The summed E-state index contributed by atoms with van der Waals surface area (Å²) in [5.74, 6) is -0.303. The van der Waals surface area contributed by atoms with E-state index < -0.39 is 0 Å². The van der Waals surface area contributed by atoms with Crippen molar-refractivity contribution < 1.29 is 9.59 Å². The van der Waals surface area contributed by atoms with E-state index in [0.29, 0.717) is 6.54 Å². The summed E-state index contributed by atoms with van der Waals surface area (Å²) in [4.78, 5) is 28.9. The minimum atomic E-state index is -0.305. The van der Waals surface area contributed by atoms with Crippen molar-refractivity contribution in [2.45, 2.75) is 19.3 Å². The Bertz CT molecular complexity index is 785. The van der Waals surface area contributed by atoms with Crippen LogP contribution in [-0.2, 0) is 9.59 Å². The molecular formula is C19H18N2O2. The van der Waals surface area contributed by atoms with Crippen molar-refractivity contribution in [3.05, 3.63) is 59.7 Å². The first-order chi connectivity index (χ1) is 11.2. The van der Waals surface area contributed by atoms with Crippen LogP contribution in [0.5, 0.6) is 0 Å². The van der Waals surface area contributed by atoms with Crippen molar-refractivity contribution in [3.63, 3.8) is 0 Å². The van der Waals surface area contributed by atoms with Crippen molar-refractivity contribution in [3.8, 4) is 0 Å². The molecule has 1 unspecified atom stereocenters. The monoisotopic (exact) mass is 306 g/mol. The normalized spacial score (nSPS) is 19.3. The number of benzene rings is 2. The van der Waals surface area contributed by atoms with Gasteiger partial charge in [0.05, 0.1) is 17.3 Å². The van der Waals surface area contributed by atoms with Crippen LogP contribution in [0, 0.1) is 0 Å². The topological polar surface area (TPSA) is 40.6 Å². The smallest absolute Gasteiger partial charge is 0.247 e. The molecule has 23 heavy (non-hydrogen) atoms. The second kappa shape index (κ2) is 5.23. The molecule has 0 fully saturated rings. The summed E-state index contributed by atoms with van der Waals surface area (Å²) in [6.45, 7) is 2.89. The fraction of sp³-hybridized carbons (Fsp3) is 0.263. The van der Waals surface area contributed by atoms with Crippen LogP contribution in [0.2, 0.25) is 0 Å². The van der Waals surface area contributed by atoms with Gasteiger partial charge in [0.1, 0.15) is 6.54 Å². The van der Waals surface area contributed by atoms with Crippen molar-refractivity contribution in [2.24, 2.45) is 0 Å². The highest BCUT2D eigenvalue weighted by Crippen LogP contribution is 2.48. The lowest BCUT2D eigenvalue weighted by atomic mass is 9.92. The highest BCUT2D eigenvalue weighted by Gasteiger charge is 2.44. The maximum Gasteiger partial charge on any atom is 0.247 e. The fourth-order valence-corrected chi connectivity index (χ4v) is 3.64. The highest BCUT2D eigenvalue weighted by atomic mass is 16.2. The molecule has 0 radical (unpaired) electrons. The number of hydrogen-bond acceptors (Lipinski definition) is 2. The van der Waals surface area contributed by atoms with Crippen LogP contribution in [0.1, 0.15) is 30.4 Å². The van der Waals surface area contributed by atoms with Gasteiger partial charge in [-0.15, -0.1) is 0 Å². The summed E-state index contributed by atoms with van der Waals surface area (Å²) < 4.78 is 0. The zero-order valence-electron chi connectivity index (χ0n) is 13.0. The lowest BCUT2D eigenvalue weighted by molar-refractivity contribution is -0.122. The van der Waals surface area contributed by atoms with E-state index in [0.717, 1.165) is 28.9 Å². The second-order valence-electron chi connectivity index (χ2n) is 6.03. The maximum atomic E-state index is 12.9. The van der Waals surface area contributed by atoms with Crippen LogP contribution in [0.15, 0.2) is 48.5 Å². The van der Waals surface area contributed by atoms with E-state index in [1.54, 1.807) is 4.90 Å². The molecule has 116 valence electrons. The standard InChI is InChI=1S/C19H18N2O2/c1-2-11-20-15-10-6-9-14-17(13-7-4-3-5-8-13)19(23)21(18(14)15)12-16(20)22/h3-10,17H,2,11-12H2,1H3. The molecule has 4 rings (SSSR count). The summed E-state index contributed by atoms with van der Waals surface area (Å²) in [6.07, 6.45) is 0.894. The SMILES string of the molecule is CCCN1C(=O)CN2C(=O)C(c3ccccc3)c3cccc1c32. The molecule has 2 aliphatic heterocycles. The molecule has 0 aromatic heterocycles. The molecule has 4 nitrogen and oxygen atoms in total. The third kappa shape index (κ3) is 1.98. The number of nitrogens with zero attached hydrogens (tertiary/aromatic N) is 2. The summed E-state index contributed by atoms with van der Waals surface area (Å²) in [5, 5.41) is 0. The average Bonchev–Trinajstić information content (AvgIpc) is 2.85. The van der Waals surface area contributed by atoms with Gasteiger partial charge in [-0.2, -0.15) is 0 Å². The quantitative estimate of drug-likeness (QED) is 0.875. The molecule has 2 amide bonds. The number of amides is 2. The van der Waals surface area contributed by atoms with Crippen molar-refractivity contribution in [1.82, 2.24) is 0 Å². The molecule has 1 atom stereocenters. The molecule has 4 heteroatoms. The highest BCUT2D eigenvalue weighted by molar-refractivity contribution is 6.18. The third-order valence-electron chi connectivity index (χ3n) is 4.61. The van der Waals surface area contributed by atoms with E-state index >= 15 is 0 Å². The lowest BCUT2D eigenvalue weighted by Crippen LogP contribution is -2.47. The Morgan fingerprint density at radius 2 is 1.83 bits per heavy atom. The molecule has 2 aliphatic rings. The summed E-state index contributed by atoms with van der Waals surface area (Å²) >= 11 is 0. The Hall–Kier alpha value is -2.62. The summed E-state index contributed by atoms with van der Waals surface area (Å²) in [5.41, 5.74) is 3.77. The Balaban J connectivity index is 1.89. The minimum Gasteiger partial charge on any atom is -0.309 e. The first kappa shape index (κ1) is 14.0. The number of hydrogen-bond donors (Lipinski definition) is 0. The van der Waals surface area contributed by atoms with E-state index in [4.69, 9.17) is 0 Å². The minimum absolute atomic E-state index is 0.00133. The van der Waals surface area contributed by atoms with E-state index in [-0.39, 0.29) is 24.3 Å². The predicted octanol–water partition coefficient (Wildman–Crippen LogP) is 2.92. The molecule has 0 N–H and O–H groups in total. The molecule has 0 aliphatic carbocycles. The van der Waals surface area contributed by atoms with Gasteiger partial charge in [0.25, 0.3) is 0 Å². The largest absolute Gasteiger partial charge is 0.309 e. The molecule has 2 heterocycles. The Morgan fingerprint density at radius 1 is 1.04 bits per heavy atom. The van der Waals surface area contributed by atoms with E-state index in [2.05, 4.69) is 6.92 Å². The Labute approximate surface area is 135 Å². The number of rotatable bonds is 3. The number of carbonyl (C=O) groups excluding carboxylic acids is 2. The molecule has 2 aromatic rings. The zero-order chi connectivity index (χ0) is 16.0. The molecule has 2 aromatic carbocycles. The second-order valence-corrected chi connectivity index (χ2v) is 6.03. The van der Waals surface area contributed by atoms with Gasteiger partial charge in [-0.05, 0) is 23.6 Å². The average molecular weight is 306 g/mol. The van der Waals surface area contributed by atoms with Gasteiger partial charge in [0.15, 0.2) is 0 Å². The van der Waals surface area contributed by atoms with Crippen LogP contribution < -0.4 is 9.80 Å². The lowest BCUT2D eigenvalue weighted by Gasteiger charge is -2.33. The first-order valence-electron chi connectivity index (χ1n) is 8.02. The van der Waals surface area contributed by atoms with Crippen molar-refractivity contribution in [2.75, 3.05) is 22.9 Å². The molecule has 0 saturated carbocycles. The van der Waals surface area contributed by atoms with Crippen LogP contribution in [0.4, 0.5) is 11.4 Å². The van der Waals surface area contributed by atoms with Gasteiger partial charge < -0.3 is 4.90 Å². The van der Waals surface area contributed by atoms with Crippen LogP contribution in [-0.4, -0.2) is 24.9 Å².